The first-order chi connectivity index (χ1) is 16.9. The van der Waals surface area contributed by atoms with Gasteiger partial charge in [0.05, 0.1) is 35.5 Å². The van der Waals surface area contributed by atoms with E-state index in [1.54, 1.807) is 12.1 Å². The number of piperazine rings is 1. The molecule has 0 aliphatic carbocycles. The number of nitrogen functional groups attached to an aromatic ring is 1. The summed E-state index contributed by atoms with van der Waals surface area (Å²) in [5.74, 6) is 0.567. The number of ether oxygens (including phenoxy) is 1. The van der Waals surface area contributed by atoms with Crippen LogP contribution in [0.2, 0.25) is 0 Å². The highest BCUT2D eigenvalue weighted by atomic mass is 19.1. The highest BCUT2D eigenvalue weighted by molar-refractivity contribution is 5.90. The number of carbonyl (C=O) groups is 2. The summed E-state index contributed by atoms with van der Waals surface area (Å²) in [4.78, 5) is 37.1. The number of ketones is 1. The van der Waals surface area contributed by atoms with Crippen LogP contribution in [-0.4, -0.2) is 65.6 Å². The van der Waals surface area contributed by atoms with Crippen LogP contribution in [-0.2, 0) is 16.1 Å². The molecule has 1 atom stereocenters. The Hall–Kier alpha value is -3.66. The molecule has 5 rings (SSSR count). The lowest BCUT2D eigenvalue weighted by Gasteiger charge is -2.36. The number of amides is 1. The van der Waals surface area contributed by atoms with E-state index in [1.807, 2.05) is 23.1 Å². The van der Waals surface area contributed by atoms with Gasteiger partial charge in [0.25, 0.3) is 0 Å². The number of nitrogens with one attached hydrogen (secondary N) is 1. The Labute approximate surface area is 202 Å². The molecule has 2 saturated heterocycles. The summed E-state index contributed by atoms with van der Waals surface area (Å²) in [5.41, 5.74) is 9.35. The molecule has 2 fully saturated rings. The topological polar surface area (TPSA) is 108 Å². The standard InChI is InChI=1S/C25H29FN6O3/c1-16(33)2-5-19-14-32(25(34)35-19)18-4-7-23(20(26)13-18)31-10-8-30(9-11-31)15-24-28-21-6-3-17(27)12-22(21)29-24/h3-4,6-7,12-13,19H,2,5,8-11,14-15,27H2,1H3,(H,28,29)/t19-/m0/s1. The van der Waals surface area contributed by atoms with E-state index in [1.165, 1.54) is 17.9 Å². The number of Topliss-reactive ketones (excluding diaryl/α,β-unsaturated/α-hetero) is 1. The van der Waals surface area contributed by atoms with Crippen molar-refractivity contribution >= 4 is 40.0 Å². The third-order valence-corrected chi connectivity index (χ3v) is 6.58. The molecular formula is C25H29FN6O3. The largest absolute Gasteiger partial charge is 0.444 e. The number of anilines is 3. The molecule has 10 heteroatoms. The summed E-state index contributed by atoms with van der Waals surface area (Å²) in [6.45, 7) is 5.43. The zero-order valence-corrected chi connectivity index (χ0v) is 19.7. The van der Waals surface area contributed by atoms with Gasteiger partial charge in [-0.1, -0.05) is 0 Å². The van der Waals surface area contributed by atoms with E-state index in [4.69, 9.17) is 10.5 Å². The maximum atomic E-state index is 15.1. The van der Waals surface area contributed by atoms with Crippen molar-refractivity contribution in [3.05, 3.63) is 48.0 Å². The molecule has 2 aliphatic rings. The van der Waals surface area contributed by atoms with Gasteiger partial charge in [-0.2, -0.15) is 0 Å². The fourth-order valence-electron chi connectivity index (χ4n) is 4.68. The van der Waals surface area contributed by atoms with Gasteiger partial charge in [-0.3, -0.25) is 9.80 Å². The van der Waals surface area contributed by atoms with Crippen LogP contribution >= 0.6 is 0 Å². The first-order valence-corrected chi connectivity index (χ1v) is 11.8. The van der Waals surface area contributed by atoms with Crippen molar-refractivity contribution in [1.29, 1.82) is 0 Å². The number of hydrogen-bond donors (Lipinski definition) is 2. The number of H-pyrrole nitrogens is 1. The molecule has 3 aromatic rings. The minimum atomic E-state index is -0.507. The van der Waals surface area contributed by atoms with Gasteiger partial charge in [0.2, 0.25) is 0 Å². The Morgan fingerprint density at radius 2 is 2.00 bits per heavy atom. The molecule has 0 radical (unpaired) electrons. The summed E-state index contributed by atoms with van der Waals surface area (Å²) >= 11 is 0. The number of fused-ring (bicyclic) bond motifs is 1. The van der Waals surface area contributed by atoms with Gasteiger partial charge in [0.1, 0.15) is 23.5 Å². The number of rotatable bonds is 7. The van der Waals surface area contributed by atoms with E-state index >= 15 is 4.39 Å². The lowest BCUT2D eigenvalue weighted by atomic mass is 10.1. The van der Waals surface area contributed by atoms with Gasteiger partial charge >= 0.3 is 6.09 Å². The number of imidazole rings is 1. The van der Waals surface area contributed by atoms with E-state index in [0.717, 1.165) is 29.9 Å². The summed E-state index contributed by atoms with van der Waals surface area (Å²) in [6.07, 6.45) is -0.0282. The molecule has 0 bridgehead atoms. The summed E-state index contributed by atoms with van der Waals surface area (Å²) in [5, 5.41) is 0. The highest BCUT2D eigenvalue weighted by Crippen LogP contribution is 2.29. The number of nitrogens with zero attached hydrogens (tertiary/aromatic N) is 4. The van der Waals surface area contributed by atoms with Gasteiger partial charge in [-0.15, -0.1) is 0 Å². The number of carbonyl (C=O) groups excluding carboxylic acids is 2. The molecule has 35 heavy (non-hydrogen) atoms. The lowest BCUT2D eigenvalue weighted by molar-refractivity contribution is -0.117. The molecular weight excluding hydrogens is 451 g/mol. The van der Waals surface area contributed by atoms with Crippen molar-refractivity contribution in [2.45, 2.75) is 32.4 Å². The first kappa shape index (κ1) is 23.1. The maximum absolute atomic E-state index is 15.1. The van der Waals surface area contributed by atoms with Crippen molar-refractivity contribution in [1.82, 2.24) is 14.9 Å². The fourth-order valence-corrected chi connectivity index (χ4v) is 4.68. The minimum Gasteiger partial charge on any atom is -0.444 e. The molecule has 2 aromatic carbocycles. The van der Waals surface area contributed by atoms with E-state index in [-0.39, 0.29) is 17.7 Å². The SMILES string of the molecule is CC(=O)CC[C@H]1CN(c2ccc(N3CCN(Cc4nc5ccc(N)cc5[nH]4)CC3)c(F)c2)C(=O)O1. The molecule has 2 aliphatic heterocycles. The van der Waals surface area contributed by atoms with Gasteiger partial charge in [-0.05, 0) is 49.7 Å². The van der Waals surface area contributed by atoms with E-state index in [9.17, 15) is 9.59 Å². The second-order valence-corrected chi connectivity index (χ2v) is 9.22. The Morgan fingerprint density at radius 1 is 1.20 bits per heavy atom. The minimum absolute atomic E-state index is 0.0535. The number of benzene rings is 2. The van der Waals surface area contributed by atoms with E-state index in [2.05, 4.69) is 14.9 Å². The Balaban J connectivity index is 1.18. The molecule has 184 valence electrons. The number of cyclic esters (lactones) is 1. The highest BCUT2D eigenvalue weighted by Gasteiger charge is 2.33. The molecule has 0 unspecified atom stereocenters. The molecule has 3 N–H and O–H groups in total. The number of aromatic nitrogens is 2. The Kier molecular flexibility index (Phi) is 6.29. The van der Waals surface area contributed by atoms with E-state index < -0.39 is 6.09 Å². The fraction of sp³-hybridized carbons (Fsp3) is 0.400. The molecule has 0 saturated carbocycles. The molecule has 0 spiro atoms. The van der Waals surface area contributed by atoms with E-state index in [0.29, 0.717) is 56.1 Å². The van der Waals surface area contributed by atoms with Crippen molar-refractivity contribution in [2.75, 3.05) is 48.3 Å². The van der Waals surface area contributed by atoms with Crippen LogP contribution in [0.5, 0.6) is 0 Å². The first-order valence-electron chi connectivity index (χ1n) is 11.8. The zero-order chi connectivity index (χ0) is 24.5. The second kappa shape index (κ2) is 9.53. The predicted molar refractivity (Wildman–Crippen MR) is 132 cm³/mol. The van der Waals surface area contributed by atoms with Crippen LogP contribution in [0.4, 0.5) is 26.2 Å². The molecule has 3 heterocycles. The number of aromatic amines is 1. The maximum Gasteiger partial charge on any atom is 0.414 e. The van der Waals surface area contributed by atoms with Gasteiger partial charge in [-0.25, -0.2) is 14.2 Å². The van der Waals surface area contributed by atoms with Crippen LogP contribution in [0.15, 0.2) is 36.4 Å². The normalized spacial score (nSPS) is 18.9. The van der Waals surface area contributed by atoms with Crippen LogP contribution < -0.4 is 15.5 Å². The van der Waals surface area contributed by atoms with Gasteiger partial charge < -0.3 is 25.1 Å². The molecule has 1 aromatic heterocycles. The predicted octanol–water partition coefficient (Wildman–Crippen LogP) is 3.30. The summed E-state index contributed by atoms with van der Waals surface area (Å²) < 4.78 is 20.4. The average molecular weight is 481 g/mol. The zero-order valence-electron chi connectivity index (χ0n) is 19.7. The Bertz CT molecular complexity index is 1250. The molecule has 1 amide bonds. The number of hydrogen-bond acceptors (Lipinski definition) is 7. The van der Waals surface area contributed by atoms with Crippen molar-refractivity contribution in [3.8, 4) is 0 Å². The van der Waals surface area contributed by atoms with Gasteiger partial charge in [0.15, 0.2) is 0 Å². The number of halogens is 1. The third kappa shape index (κ3) is 5.07. The summed E-state index contributed by atoms with van der Waals surface area (Å²) in [7, 11) is 0. The average Bonchev–Trinajstić information content (AvgIpc) is 3.40. The quantitative estimate of drug-likeness (QED) is 0.500. The van der Waals surface area contributed by atoms with Crippen molar-refractivity contribution in [2.24, 2.45) is 0 Å². The van der Waals surface area contributed by atoms with Crippen molar-refractivity contribution in [3.63, 3.8) is 0 Å². The van der Waals surface area contributed by atoms with Crippen LogP contribution in [0, 0.1) is 5.82 Å². The summed E-state index contributed by atoms with van der Waals surface area (Å²) in [6, 6.07) is 10.5. The van der Waals surface area contributed by atoms with Crippen molar-refractivity contribution < 1.29 is 18.7 Å². The monoisotopic (exact) mass is 480 g/mol. The van der Waals surface area contributed by atoms with Crippen LogP contribution in [0.3, 0.4) is 0 Å². The smallest absolute Gasteiger partial charge is 0.414 e. The van der Waals surface area contributed by atoms with Crippen LogP contribution in [0.25, 0.3) is 11.0 Å². The third-order valence-electron chi connectivity index (χ3n) is 6.58. The number of nitrogens with two attached hydrogens (primary N) is 1. The second-order valence-electron chi connectivity index (χ2n) is 9.22. The Morgan fingerprint density at radius 3 is 2.74 bits per heavy atom. The lowest BCUT2D eigenvalue weighted by Crippen LogP contribution is -2.46. The van der Waals surface area contributed by atoms with Gasteiger partial charge in [0, 0.05) is 38.3 Å². The van der Waals surface area contributed by atoms with Crippen LogP contribution in [0.1, 0.15) is 25.6 Å². The molecule has 9 nitrogen and oxygen atoms in total.